The molecule has 0 aliphatic carbocycles. The molecule has 23 heavy (non-hydrogen) atoms. The van der Waals surface area contributed by atoms with Gasteiger partial charge in [-0.2, -0.15) is 0 Å². The van der Waals surface area contributed by atoms with E-state index in [1.165, 1.54) is 0 Å². The number of hydrogen-bond acceptors (Lipinski definition) is 3. The van der Waals surface area contributed by atoms with E-state index in [1.807, 2.05) is 49.3 Å². The number of nitrogens with zero attached hydrogens (tertiary/aromatic N) is 3. The van der Waals surface area contributed by atoms with Crippen LogP contribution in [0.15, 0.2) is 54.6 Å². The van der Waals surface area contributed by atoms with Crippen molar-refractivity contribution in [3.05, 3.63) is 65.2 Å². The molecule has 0 saturated carbocycles. The lowest BCUT2D eigenvalue weighted by atomic mass is 10.1. The molecule has 4 nitrogen and oxygen atoms in total. The van der Waals surface area contributed by atoms with Crippen LogP contribution in [0, 0.1) is 0 Å². The van der Waals surface area contributed by atoms with Crippen molar-refractivity contribution in [2.75, 3.05) is 32.1 Å². The molecule has 0 spiro atoms. The van der Waals surface area contributed by atoms with E-state index in [0.29, 0.717) is 10.6 Å². The van der Waals surface area contributed by atoms with Crippen LogP contribution in [0.3, 0.4) is 0 Å². The van der Waals surface area contributed by atoms with Gasteiger partial charge in [0.2, 0.25) is 0 Å². The van der Waals surface area contributed by atoms with Crippen LogP contribution in [0.5, 0.6) is 0 Å². The van der Waals surface area contributed by atoms with Gasteiger partial charge in [-0.3, -0.25) is 4.79 Å². The molecule has 0 radical (unpaired) electrons. The summed E-state index contributed by atoms with van der Waals surface area (Å²) >= 11 is 5.94. The standard InChI is InChI=1S/C18H20ClN3O/c1-20-12-17(13-21(20)2)22(16-6-4-3-5-7-16)18(23)14-8-10-15(19)11-9-14/h3-11,17H,12-13H2,1-2H3. The summed E-state index contributed by atoms with van der Waals surface area (Å²) in [6.45, 7) is 1.62. The highest BCUT2D eigenvalue weighted by atomic mass is 35.5. The third kappa shape index (κ3) is 3.39. The molecule has 1 heterocycles. The third-order valence-electron chi connectivity index (χ3n) is 4.24. The first-order valence-corrected chi connectivity index (χ1v) is 8.00. The number of halogens is 1. The van der Waals surface area contributed by atoms with Crippen LogP contribution in [0.1, 0.15) is 10.4 Å². The molecule has 0 bridgehead atoms. The molecular formula is C18H20ClN3O. The van der Waals surface area contributed by atoms with Crippen LogP contribution in [0.4, 0.5) is 5.69 Å². The minimum atomic E-state index is 0.00145. The maximum Gasteiger partial charge on any atom is 0.258 e. The van der Waals surface area contributed by atoms with Crippen molar-refractivity contribution in [1.29, 1.82) is 0 Å². The highest BCUT2D eigenvalue weighted by Crippen LogP contribution is 2.24. The van der Waals surface area contributed by atoms with Crippen LogP contribution in [0.25, 0.3) is 0 Å². The summed E-state index contributed by atoms with van der Waals surface area (Å²) in [5.41, 5.74) is 1.57. The molecule has 0 atom stereocenters. The van der Waals surface area contributed by atoms with Crippen LogP contribution in [0.2, 0.25) is 5.02 Å². The molecule has 0 unspecified atom stereocenters. The van der Waals surface area contributed by atoms with Crippen LogP contribution in [-0.4, -0.2) is 49.2 Å². The fourth-order valence-corrected chi connectivity index (χ4v) is 3.05. The number of hydrogen-bond donors (Lipinski definition) is 0. The van der Waals surface area contributed by atoms with Crippen molar-refractivity contribution < 1.29 is 4.79 Å². The van der Waals surface area contributed by atoms with Crippen molar-refractivity contribution in [2.45, 2.75) is 6.04 Å². The molecule has 1 aliphatic heterocycles. The van der Waals surface area contributed by atoms with E-state index in [9.17, 15) is 4.79 Å². The number of likely N-dealkylation sites (N-methyl/N-ethyl adjacent to an activating group) is 2. The topological polar surface area (TPSA) is 26.8 Å². The van der Waals surface area contributed by atoms with Crippen LogP contribution >= 0.6 is 11.6 Å². The first kappa shape index (κ1) is 16.0. The Morgan fingerprint density at radius 1 is 1.00 bits per heavy atom. The lowest BCUT2D eigenvalue weighted by Crippen LogP contribution is -2.43. The summed E-state index contributed by atoms with van der Waals surface area (Å²) in [4.78, 5) is 15.0. The summed E-state index contributed by atoms with van der Waals surface area (Å²) in [6, 6.07) is 17.0. The molecule has 5 heteroatoms. The van der Waals surface area contributed by atoms with Gasteiger partial charge in [-0.25, -0.2) is 10.0 Å². The van der Waals surface area contributed by atoms with Gasteiger partial charge < -0.3 is 4.90 Å². The predicted molar refractivity (Wildman–Crippen MR) is 93.8 cm³/mol. The Balaban J connectivity index is 1.95. The molecular weight excluding hydrogens is 310 g/mol. The minimum Gasteiger partial charge on any atom is -0.303 e. The zero-order valence-electron chi connectivity index (χ0n) is 13.3. The van der Waals surface area contributed by atoms with E-state index >= 15 is 0 Å². The second-order valence-electron chi connectivity index (χ2n) is 5.85. The Labute approximate surface area is 141 Å². The number of para-hydroxylation sites is 1. The van der Waals surface area contributed by atoms with Gasteiger partial charge in [-0.05, 0) is 36.4 Å². The lowest BCUT2D eigenvalue weighted by molar-refractivity contribution is 0.0894. The Kier molecular flexibility index (Phi) is 4.66. The highest BCUT2D eigenvalue weighted by Gasteiger charge is 2.33. The molecule has 2 aromatic rings. The van der Waals surface area contributed by atoms with Crippen molar-refractivity contribution in [3.63, 3.8) is 0 Å². The average Bonchev–Trinajstić information content (AvgIpc) is 2.88. The Morgan fingerprint density at radius 2 is 1.57 bits per heavy atom. The van der Waals surface area contributed by atoms with Gasteiger partial charge in [0.05, 0.1) is 6.04 Å². The van der Waals surface area contributed by atoms with E-state index in [0.717, 1.165) is 18.8 Å². The van der Waals surface area contributed by atoms with Gasteiger partial charge in [0.1, 0.15) is 0 Å². The smallest absolute Gasteiger partial charge is 0.258 e. The fraction of sp³-hybridized carbons (Fsp3) is 0.278. The molecule has 3 rings (SSSR count). The number of carbonyl (C=O) groups is 1. The van der Waals surface area contributed by atoms with Crippen molar-refractivity contribution in [2.24, 2.45) is 0 Å². The van der Waals surface area contributed by atoms with E-state index in [4.69, 9.17) is 11.6 Å². The minimum absolute atomic E-state index is 0.00145. The maximum absolute atomic E-state index is 13.1. The summed E-state index contributed by atoms with van der Waals surface area (Å²) in [5.74, 6) is 0.00145. The molecule has 1 amide bonds. The van der Waals surface area contributed by atoms with Gasteiger partial charge in [0.25, 0.3) is 5.91 Å². The van der Waals surface area contributed by atoms with Gasteiger partial charge in [-0.15, -0.1) is 0 Å². The molecule has 2 aromatic carbocycles. The zero-order chi connectivity index (χ0) is 16.4. The Bertz CT molecular complexity index is 664. The molecule has 1 fully saturated rings. The number of rotatable bonds is 3. The van der Waals surface area contributed by atoms with Gasteiger partial charge in [0, 0.05) is 43.5 Å². The van der Waals surface area contributed by atoms with Crippen molar-refractivity contribution in [3.8, 4) is 0 Å². The second kappa shape index (κ2) is 6.71. The molecule has 0 aromatic heterocycles. The maximum atomic E-state index is 13.1. The van der Waals surface area contributed by atoms with Gasteiger partial charge in [-0.1, -0.05) is 29.8 Å². The quantitative estimate of drug-likeness (QED) is 0.865. The highest BCUT2D eigenvalue weighted by molar-refractivity contribution is 6.30. The second-order valence-corrected chi connectivity index (χ2v) is 6.29. The number of benzene rings is 2. The van der Waals surface area contributed by atoms with Gasteiger partial charge >= 0.3 is 0 Å². The zero-order valence-corrected chi connectivity index (χ0v) is 14.1. The van der Waals surface area contributed by atoms with Crippen molar-refractivity contribution >= 4 is 23.2 Å². The Hall–Kier alpha value is -1.88. The normalized spacial score (nSPS) is 16.7. The molecule has 120 valence electrons. The Morgan fingerprint density at radius 3 is 2.13 bits per heavy atom. The third-order valence-corrected chi connectivity index (χ3v) is 4.49. The summed E-state index contributed by atoms with van der Waals surface area (Å²) in [6.07, 6.45) is 0. The number of hydrazine groups is 1. The summed E-state index contributed by atoms with van der Waals surface area (Å²) in [5, 5.41) is 4.90. The number of carbonyl (C=O) groups excluding carboxylic acids is 1. The SMILES string of the molecule is CN1CC(N(C(=O)c2ccc(Cl)cc2)c2ccccc2)CN1C. The van der Waals surface area contributed by atoms with E-state index < -0.39 is 0 Å². The van der Waals surface area contributed by atoms with Gasteiger partial charge in [0.15, 0.2) is 0 Å². The van der Waals surface area contributed by atoms with Crippen molar-refractivity contribution in [1.82, 2.24) is 10.0 Å². The summed E-state index contributed by atoms with van der Waals surface area (Å²) < 4.78 is 0. The molecule has 1 aliphatic rings. The van der Waals surface area contributed by atoms with Crippen LogP contribution < -0.4 is 4.90 Å². The number of anilines is 1. The van der Waals surface area contributed by atoms with E-state index in [1.54, 1.807) is 24.3 Å². The van der Waals surface area contributed by atoms with E-state index in [-0.39, 0.29) is 11.9 Å². The fourth-order valence-electron chi connectivity index (χ4n) is 2.92. The number of amides is 1. The largest absolute Gasteiger partial charge is 0.303 e. The summed E-state index contributed by atoms with van der Waals surface area (Å²) in [7, 11) is 4.08. The lowest BCUT2D eigenvalue weighted by Gasteiger charge is -2.28. The first-order valence-electron chi connectivity index (χ1n) is 7.62. The first-order chi connectivity index (χ1) is 11.1. The predicted octanol–water partition coefficient (Wildman–Crippen LogP) is 3.15. The molecule has 0 N–H and O–H groups in total. The average molecular weight is 330 g/mol. The van der Waals surface area contributed by atoms with Crippen LogP contribution in [-0.2, 0) is 0 Å². The monoisotopic (exact) mass is 329 g/mol. The van der Waals surface area contributed by atoms with E-state index in [2.05, 4.69) is 10.0 Å². The molecule has 1 saturated heterocycles.